The molecule has 0 aliphatic rings. The largest absolute Gasteiger partial charge is 0.457 e. The van der Waals surface area contributed by atoms with E-state index in [0.717, 1.165) is 16.6 Å². The summed E-state index contributed by atoms with van der Waals surface area (Å²) in [5.74, 6) is -0.534. The van der Waals surface area contributed by atoms with E-state index < -0.39 is 5.82 Å². The van der Waals surface area contributed by atoms with Crippen LogP contribution in [-0.2, 0) is 0 Å². The van der Waals surface area contributed by atoms with Crippen LogP contribution in [0.4, 0.5) is 10.1 Å². The first-order valence-electron chi connectivity index (χ1n) is 6.71. The number of para-hydroxylation sites is 1. The van der Waals surface area contributed by atoms with Crippen LogP contribution in [0.5, 0.6) is 0 Å². The first-order chi connectivity index (χ1) is 10.8. The molecule has 2 heterocycles. The Labute approximate surface area is 125 Å². The minimum atomic E-state index is -0.534. The zero-order valence-electron chi connectivity index (χ0n) is 11.4. The van der Waals surface area contributed by atoms with E-state index in [2.05, 4.69) is 9.83 Å². The fourth-order valence-electron chi connectivity index (χ4n) is 2.62. The Kier molecular flexibility index (Phi) is 2.67. The summed E-state index contributed by atoms with van der Waals surface area (Å²) >= 11 is 0. The van der Waals surface area contributed by atoms with Crippen molar-refractivity contribution in [1.82, 2.24) is 4.98 Å². The SMILES string of the molecule is [C-]#[N+]c1cc2oc3c(-c4ccccn4)cccc3c2cc1F. The molecule has 4 rings (SSSR count). The molecule has 0 atom stereocenters. The van der Waals surface area contributed by atoms with Crippen molar-refractivity contribution in [2.24, 2.45) is 0 Å². The first kappa shape index (κ1) is 12.5. The van der Waals surface area contributed by atoms with Crippen LogP contribution in [0.15, 0.2) is 59.1 Å². The van der Waals surface area contributed by atoms with Crippen molar-refractivity contribution in [3.05, 3.63) is 72.0 Å². The molecule has 0 amide bonds. The molecule has 0 bridgehead atoms. The maximum absolute atomic E-state index is 13.9. The van der Waals surface area contributed by atoms with Crippen LogP contribution in [0, 0.1) is 12.4 Å². The molecule has 0 fully saturated rings. The van der Waals surface area contributed by atoms with Gasteiger partial charge in [-0.05, 0) is 30.3 Å². The highest BCUT2D eigenvalue weighted by Gasteiger charge is 2.15. The van der Waals surface area contributed by atoms with Crippen LogP contribution in [0.2, 0.25) is 0 Å². The van der Waals surface area contributed by atoms with E-state index in [1.54, 1.807) is 6.20 Å². The fourth-order valence-corrected chi connectivity index (χ4v) is 2.62. The molecule has 0 aliphatic carbocycles. The van der Waals surface area contributed by atoms with Gasteiger partial charge >= 0.3 is 0 Å². The Balaban J connectivity index is 2.10. The van der Waals surface area contributed by atoms with Crippen molar-refractivity contribution in [3.8, 4) is 11.3 Å². The summed E-state index contributed by atoms with van der Waals surface area (Å²) < 4.78 is 19.8. The Hall–Kier alpha value is -3.19. The minimum absolute atomic E-state index is 0.0362. The van der Waals surface area contributed by atoms with Gasteiger partial charge in [0.25, 0.3) is 0 Å². The molecule has 0 aliphatic heterocycles. The lowest BCUT2D eigenvalue weighted by Crippen LogP contribution is -1.82. The highest BCUT2D eigenvalue weighted by Crippen LogP contribution is 2.37. The van der Waals surface area contributed by atoms with Gasteiger partial charge in [-0.25, -0.2) is 9.24 Å². The third-order valence-corrected chi connectivity index (χ3v) is 3.63. The molecule has 2 aromatic carbocycles. The lowest BCUT2D eigenvalue weighted by atomic mass is 10.1. The highest BCUT2D eigenvalue weighted by atomic mass is 19.1. The van der Waals surface area contributed by atoms with Crippen molar-refractivity contribution in [2.75, 3.05) is 0 Å². The maximum Gasteiger partial charge on any atom is 0.225 e. The molecule has 0 N–H and O–H groups in total. The highest BCUT2D eigenvalue weighted by molar-refractivity contribution is 6.09. The van der Waals surface area contributed by atoms with Gasteiger partial charge in [0.15, 0.2) is 0 Å². The summed E-state index contributed by atoms with van der Waals surface area (Å²) in [5.41, 5.74) is 2.76. The van der Waals surface area contributed by atoms with Gasteiger partial charge in [0, 0.05) is 22.5 Å². The number of furan rings is 1. The van der Waals surface area contributed by atoms with Crippen LogP contribution in [0.3, 0.4) is 0 Å². The second kappa shape index (κ2) is 4.68. The van der Waals surface area contributed by atoms with E-state index in [1.165, 1.54) is 12.1 Å². The Morgan fingerprint density at radius 2 is 1.95 bits per heavy atom. The summed E-state index contributed by atoms with van der Waals surface area (Å²) in [5, 5.41) is 1.48. The number of hydrogen-bond donors (Lipinski definition) is 0. The molecule has 2 aromatic heterocycles. The van der Waals surface area contributed by atoms with Gasteiger partial charge in [0.1, 0.15) is 17.0 Å². The minimum Gasteiger partial charge on any atom is -0.457 e. The van der Waals surface area contributed by atoms with E-state index in [4.69, 9.17) is 11.0 Å². The zero-order chi connectivity index (χ0) is 15.1. The molecule has 0 unspecified atom stereocenters. The smallest absolute Gasteiger partial charge is 0.225 e. The third-order valence-electron chi connectivity index (χ3n) is 3.63. The summed E-state index contributed by atoms with van der Waals surface area (Å²) in [6.07, 6.45) is 1.72. The normalized spacial score (nSPS) is 10.9. The number of pyridine rings is 1. The van der Waals surface area contributed by atoms with Gasteiger partial charge in [0.2, 0.25) is 5.69 Å². The van der Waals surface area contributed by atoms with Crippen molar-refractivity contribution in [3.63, 3.8) is 0 Å². The number of aromatic nitrogens is 1. The monoisotopic (exact) mass is 288 g/mol. The predicted octanol–water partition coefficient (Wildman–Crippen LogP) is 5.34. The number of fused-ring (bicyclic) bond motifs is 3. The average molecular weight is 288 g/mol. The van der Waals surface area contributed by atoms with Gasteiger partial charge in [-0.2, -0.15) is 0 Å². The molecule has 22 heavy (non-hydrogen) atoms. The lowest BCUT2D eigenvalue weighted by Gasteiger charge is -2.00. The second-order valence-corrected chi connectivity index (χ2v) is 4.91. The standard InChI is InChI=1S/C18H9FN2O/c1-20-16-10-17-13(9-14(16)19)11-5-4-6-12(18(11)22-17)15-7-2-3-8-21-15/h2-10H. The molecule has 4 heteroatoms. The predicted molar refractivity (Wildman–Crippen MR) is 83.2 cm³/mol. The molecule has 104 valence electrons. The Morgan fingerprint density at radius 1 is 1.05 bits per heavy atom. The van der Waals surface area contributed by atoms with Crippen LogP contribution in [0.25, 0.3) is 38.0 Å². The quantitative estimate of drug-likeness (QED) is 0.443. The van der Waals surface area contributed by atoms with E-state index in [0.29, 0.717) is 16.6 Å². The molecular formula is C18H9FN2O. The zero-order valence-corrected chi connectivity index (χ0v) is 11.4. The summed E-state index contributed by atoms with van der Waals surface area (Å²) in [6, 6.07) is 14.1. The third kappa shape index (κ3) is 1.76. The molecule has 4 aromatic rings. The summed E-state index contributed by atoms with van der Waals surface area (Å²) in [4.78, 5) is 7.51. The molecule has 0 spiro atoms. The summed E-state index contributed by atoms with van der Waals surface area (Å²) in [7, 11) is 0. The second-order valence-electron chi connectivity index (χ2n) is 4.91. The molecular weight excluding hydrogens is 279 g/mol. The molecule has 0 saturated carbocycles. The molecule has 0 radical (unpaired) electrons. The summed E-state index contributed by atoms with van der Waals surface area (Å²) in [6.45, 7) is 7.00. The Morgan fingerprint density at radius 3 is 2.73 bits per heavy atom. The van der Waals surface area contributed by atoms with Gasteiger partial charge < -0.3 is 4.42 Å². The van der Waals surface area contributed by atoms with Gasteiger partial charge in [-0.15, -0.1) is 0 Å². The topological polar surface area (TPSA) is 30.4 Å². The maximum atomic E-state index is 13.9. The van der Waals surface area contributed by atoms with Gasteiger partial charge in [-0.1, -0.05) is 18.2 Å². The molecule has 0 saturated heterocycles. The first-order valence-corrected chi connectivity index (χ1v) is 6.71. The van der Waals surface area contributed by atoms with Crippen LogP contribution < -0.4 is 0 Å². The van der Waals surface area contributed by atoms with E-state index in [9.17, 15) is 4.39 Å². The van der Waals surface area contributed by atoms with Crippen molar-refractivity contribution < 1.29 is 8.81 Å². The Bertz CT molecular complexity index is 1050. The number of rotatable bonds is 1. The van der Waals surface area contributed by atoms with Crippen LogP contribution >= 0.6 is 0 Å². The number of hydrogen-bond acceptors (Lipinski definition) is 2. The number of nitrogens with zero attached hydrogens (tertiary/aromatic N) is 2. The number of halogens is 1. The van der Waals surface area contributed by atoms with Gasteiger partial charge in [-0.3, -0.25) is 4.98 Å². The fraction of sp³-hybridized carbons (Fsp3) is 0. The van der Waals surface area contributed by atoms with E-state index >= 15 is 0 Å². The van der Waals surface area contributed by atoms with Crippen molar-refractivity contribution in [1.29, 1.82) is 0 Å². The average Bonchev–Trinajstić information content (AvgIpc) is 2.92. The van der Waals surface area contributed by atoms with Crippen molar-refractivity contribution >= 4 is 27.6 Å². The van der Waals surface area contributed by atoms with Crippen LogP contribution in [0.1, 0.15) is 0 Å². The van der Waals surface area contributed by atoms with E-state index in [-0.39, 0.29) is 5.69 Å². The van der Waals surface area contributed by atoms with Crippen LogP contribution in [-0.4, -0.2) is 4.98 Å². The van der Waals surface area contributed by atoms with Gasteiger partial charge in [0.05, 0.1) is 12.3 Å². The number of benzene rings is 2. The van der Waals surface area contributed by atoms with Crippen molar-refractivity contribution in [2.45, 2.75) is 0 Å². The molecule has 3 nitrogen and oxygen atoms in total. The lowest BCUT2D eigenvalue weighted by molar-refractivity contribution is 0.632. The van der Waals surface area contributed by atoms with E-state index in [1.807, 2.05) is 36.4 Å².